The maximum atomic E-state index is 4.18. The summed E-state index contributed by atoms with van der Waals surface area (Å²) in [6.45, 7) is 7.27. The Morgan fingerprint density at radius 2 is 2.27 bits per heavy atom. The fourth-order valence-electron chi connectivity index (χ4n) is 1.42. The molecule has 1 rings (SSSR count). The van der Waals surface area contributed by atoms with Gasteiger partial charge < -0.3 is 5.32 Å². The molecule has 0 aliphatic heterocycles. The SMILES string of the molecule is CCNC(C=C(C)C)c1cncc(Br)c1. The van der Waals surface area contributed by atoms with Crippen molar-refractivity contribution in [2.75, 3.05) is 6.54 Å². The van der Waals surface area contributed by atoms with E-state index in [4.69, 9.17) is 0 Å². The van der Waals surface area contributed by atoms with Crippen LogP contribution in [0.15, 0.2) is 34.6 Å². The molecular weight excluding hydrogens is 252 g/mol. The van der Waals surface area contributed by atoms with Gasteiger partial charge in [0.1, 0.15) is 0 Å². The van der Waals surface area contributed by atoms with Crippen LogP contribution in [0.5, 0.6) is 0 Å². The zero-order valence-electron chi connectivity index (χ0n) is 9.42. The van der Waals surface area contributed by atoms with Gasteiger partial charge in [-0.1, -0.05) is 18.6 Å². The van der Waals surface area contributed by atoms with E-state index in [1.54, 1.807) is 6.20 Å². The number of allylic oxidation sites excluding steroid dienone is 1. The number of rotatable bonds is 4. The highest BCUT2D eigenvalue weighted by atomic mass is 79.9. The molecule has 0 saturated heterocycles. The van der Waals surface area contributed by atoms with E-state index in [2.05, 4.69) is 59.1 Å². The number of hydrogen-bond acceptors (Lipinski definition) is 2. The Hall–Kier alpha value is -0.670. The summed E-state index contributed by atoms with van der Waals surface area (Å²) in [5.41, 5.74) is 2.49. The first-order valence-electron chi connectivity index (χ1n) is 5.12. The van der Waals surface area contributed by atoms with Crippen molar-refractivity contribution < 1.29 is 0 Å². The second kappa shape index (κ2) is 6.03. The largest absolute Gasteiger partial charge is 0.307 e. The van der Waals surface area contributed by atoms with Gasteiger partial charge in [0.25, 0.3) is 0 Å². The zero-order chi connectivity index (χ0) is 11.3. The molecule has 0 saturated carbocycles. The van der Waals surface area contributed by atoms with Gasteiger partial charge in [-0.3, -0.25) is 4.98 Å². The number of likely N-dealkylation sites (N-methyl/N-ethyl adjacent to an activating group) is 1. The van der Waals surface area contributed by atoms with Crippen molar-refractivity contribution in [2.24, 2.45) is 0 Å². The van der Waals surface area contributed by atoms with Gasteiger partial charge in [0.15, 0.2) is 0 Å². The van der Waals surface area contributed by atoms with E-state index >= 15 is 0 Å². The summed E-state index contributed by atoms with van der Waals surface area (Å²) < 4.78 is 1.02. The van der Waals surface area contributed by atoms with E-state index in [1.165, 1.54) is 11.1 Å². The van der Waals surface area contributed by atoms with Crippen LogP contribution in [0.3, 0.4) is 0 Å². The van der Waals surface area contributed by atoms with E-state index in [1.807, 2.05) is 6.20 Å². The van der Waals surface area contributed by atoms with Crippen molar-refractivity contribution in [1.82, 2.24) is 10.3 Å². The molecule has 1 unspecified atom stereocenters. The summed E-state index contributed by atoms with van der Waals surface area (Å²) in [5.74, 6) is 0. The van der Waals surface area contributed by atoms with Crippen LogP contribution in [-0.2, 0) is 0 Å². The third kappa shape index (κ3) is 4.14. The quantitative estimate of drug-likeness (QED) is 0.847. The highest BCUT2D eigenvalue weighted by molar-refractivity contribution is 9.10. The number of nitrogens with zero attached hydrogens (tertiary/aromatic N) is 1. The van der Waals surface area contributed by atoms with Crippen molar-refractivity contribution in [3.05, 3.63) is 40.1 Å². The third-order valence-electron chi connectivity index (χ3n) is 2.01. The normalized spacial score (nSPS) is 12.3. The van der Waals surface area contributed by atoms with Crippen molar-refractivity contribution in [2.45, 2.75) is 26.8 Å². The second-order valence-electron chi connectivity index (χ2n) is 3.72. The van der Waals surface area contributed by atoms with E-state index in [9.17, 15) is 0 Å². The van der Waals surface area contributed by atoms with Gasteiger partial charge in [-0.05, 0) is 48.0 Å². The highest BCUT2D eigenvalue weighted by Crippen LogP contribution is 2.18. The number of aromatic nitrogens is 1. The summed E-state index contributed by atoms with van der Waals surface area (Å²) in [5, 5.41) is 3.42. The average Bonchev–Trinajstić information content (AvgIpc) is 2.16. The van der Waals surface area contributed by atoms with E-state index < -0.39 is 0 Å². The Labute approximate surface area is 99.9 Å². The first kappa shape index (κ1) is 12.4. The Morgan fingerprint density at radius 3 is 2.80 bits per heavy atom. The maximum absolute atomic E-state index is 4.18. The molecule has 1 atom stereocenters. The Morgan fingerprint density at radius 1 is 1.53 bits per heavy atom. The first-order valence-corrected chi connectivity index (χ1v) is 5.91. The first-order chi connectivity index (χ1) is 7.13. The van der Waals surface area contributed by atoms with Gasteiger partial charge in [-0.2, -0.15) is 0 Å². The molecule has 1 N–H and O–H groups in total. The minimum Gasteiger partial charge on any atom is -0.307 e. The molecule has 1 heterocycles. The zero-order valence-corrected chi connectivity index (χ0v) is 11.0. The molecule has 0 aliphatic carbocycles. The van der Waals surface area contributed by atoms with Crippen LogP contribution in [0.25, 0.3) is 0 Å². The van der Waals surface area contributed by atoms with Crippen LogP contribution >= 0.6 is 15.9 Å². The van der Waals surface area contributed by atoms with Gasteiger partial charge in [0.05, 0.1) is 6.04 Å². The molecule has 15 heavy (non-hydrogen) atoms. The fraction of sp³-hybridized carbons (Fsp3) is 0.417. The van der Waals surface area contributed by atoms with Gasteiger partial charge >= 0.3 is 0 Å². The van der Waals surface area contributed by atoms with Crippen LogP contribution in [0.2, 0.25) is 0 Å². The van der Waals surface area contributed by atoms with Crippen LogP contribution in [-0.4, -0.2) is 11.5 Å². The average molecular weight is 269 g/mol. The summed E-state index contributed by atoms with van der Waals surface area (Å²) >= 11 is 3.44. The predicted octanol–water partition coefficient (Wildman–Crippen LogP) is 3.46. The van der Waals surface area contributed by atoms with Crippen LogP contribution < -0.4 is 5.32 Å². The molecule has 2 nitrogen and oxygen atoms in total. The molecule has 0 fully saturated rings. The standard InChI is InChI=1S/C12H17BrN2/c1-4-15-12(5-9(2)3)10-6-11(13)8-14-7-10/h5-8,12,15H,4H2,1-3H3. The van der Waals surface area contributed by atoms with Gasteiger partial charge in [-0.15, -0.1) is 0 Å². The Balaban J connectivity index is 2.93. The van der Waals surface area contributed by atoms with Crippen LogP contribution in [0, 0.1) is 0 Å². The second-order valence-corrected chi connectivity index (χ2v) is 4.63. The lowest BCUT2D eigenvalue weighted by molar-refractivity contribution is 0.642. The van der Waals surface area contributed by atoms with E-state index in [-0.39, 0.29) is 6.04 Å². The Bertz CT molecular complexity index is 343. The van der Waals surface area contributed by atoms with E-state index in [0.29, 0.717) is 0 Å². The van der Waals surface area contributed by atoms with Crippen LogP contribution in [0.1, 0.15) is 32.4 Å². The summed E-state index contributed by atoms with van der Waals surface area (Å²) in [7, 11) is 0. The topological polar surface area (TPSA) is 24.9 Å². The number of pyridine rings is 1. The third-order valence-corrected chi connectivity index (χ3v) is 2.44. The van der Waals surface area contributed by atoms with Gasteiger partial charge in [0.2, 0.25) is 0 Å². The lowest BCUT2D eigenvalue weighted by atomic mass is 10.1. The molecule has 1 aromatic rings. The maximum Gasteiger partial charge on any atom is 0.0524 e. The number of halogens is 1. The molecule has 0 radical (unpaired) electrons. The van der Waals surface area contributed by atoms with E-state index in [0.717, 1.165) is 11.0 Å². The molecule has 0 aromatic carbocycles. The monoisotopic (exact) mass is 268 g/mol. The van der Waals surface area contributed by atoms with Crippen molar-refractivity contribution >= 4 is 15.9 Å². The molecule has 0 amide bonds. The molecule has 0 bridgehead atoms. The summed E-state index contributed by atoms with van der Waals surface area (Å²) in [6.07, 6.45) is 5.92. The van der Waals surface area contributed by atoms with Crippen LogP contribution in [0.4, 0.5) is 0 Å². The highest BCUT2D eigenvalue weighted by Gasteiger charge is 2.07. The van der Waals surface area contributed by atoms with Gasteiger partial charge in [0, 0.05) is 16.9 Å². The molecule has 3 heteroatoms. The predicted molar refractivity (Wildman–Crippen MR) is 67.8 cm³/mol. The molecule has 0 spiro atoms. The smallest absolute Gasteiger partial charge is 0.0524 e. The minimum atomic E-state index is 0.255. The van der Waals surface area contributed by atoms with Crippen molar-refractivity contribution in [1.29, 1.82) is 0 Å². The fourth-order valence-corrected chi connectivity index (χ4v) is 1.81. The molecular formula is C12H17BrN2. The Kier molecular flexibility index (Phi) is 4.99. The lowest BCUT2D eigenvalue weighted by Gasteiger charge is -2.14. The van der Waals surface area contributed by atoms with Crippen molar-refractivity contribution in [3.63, 3.8) is 0 Å². The van der Waals surface area contributed by atoms with Gasteiger partial charge in [-0.25, -0.2) is 0 Å². The molecule has 0 aliphatic rings. The summed E-state index contributed by atoms with van der Waals surface area (Å²) in [6, 6.07) is 2.35. The molecule has 82 valence electrons. The minimum absolute atomic E-state index is 0.255. The van der Waals surface area contributed by atoms with Crippen molar-refractivity contribution in [3.8, 4) is 0 Å². The molecule has 1 aromatic heterocycles. The number of hydrogen-bond donors (Lipinski definition) is 1. The number of nitrogens with one attached hydrogen (secondary N) is 1. The summed E-state index contributed by atoms with van der Waals surface area (Å²) in [4.78, 5) is 4.18. The lowest BCUT2D eigenvalue weighted by Crippen LogP contribution is -2.19.